The molecule has 2 aliphatic rings. The van der Waals surface area contributed by atoms with Crippen LogP contribution in [-0.2, 0) is 0 Å². The van der Waals surface area contributed by atoms with Crippen molar-refractivity contribution in [3.05, 3.63) is 66.8 Å². The molecule has 2 atom stereocenters. The van der Waals surface area contributed by atoms with Crippen LogP contribution in [0.5, 0.6) is 0 Å². The fourth-order valence-corrected chi connectivity index (χ4v) is 5.10. The number of carbonyl (C=O) groups excluding carboxylic acids is 1. The van der Waals surface area contributed by atoms with Crippen LogP contribution in [-0.4, -0.2) is 49.6 Å². The van der Waals surface area contributed by atoms with Gasteiger partial charge in [0, 0.05) is 60.4 Å². The van der Waals surface area contributed by atoms with Crippen LogP contribution < -0.4 is 10.7 Å². The van der Waals surface area contributed by atoms with E-state index in [2.05, 4.69) is 43.2 Å². The molecule has 0 bridgehead atoms. The van der Waals surface area contributed by atoms with Crippen LogP contribution in [0.15, 0.2) is 61.2 Å². The van der Waals surface area contributed by atoms with Crippen molar-refractivity contribution in [2.45, 2.75) is 31.7 Å². The summed E-state index contributed by atoms with van der Waals surface area (Å²) in [6.45, 7) is 1.90. The van der Waals surface area contributed by atoms with Gasteiger partial charge in [-0.05, 0) is 55.5 Å². The SMILES string of the molecule is O=C(NC1CCCC(CN2C=CCN2)C1)c1ccc2[nH]nc(-c3ccc4nccn4c3)c2c1. The molecule has 1 aliphatic heterocycles. The third-order valence-corrected chi connectivity index (χ3v) is 6.76. The van der Waals surface area contributed by atoms with E-state index < -0.39 is 0 Å². The van der Waals surface area contributed by atoms with Crippen molar-refractivity contribution >= 4 is 22.5 Å². The van der Waals surface area contributed by atoms with Crippen molar-refractivity contribution in [3.63, 3.8) is 0 Å². The number of benzene rings is 1. The van der Waals surface area contributed by atoms with Gasteiger partial charge in [-0.15, -0.1) is 0 Å². The van der Waals surface area contributed by atoms with Crippen LogP contribution in [0.1, 0.15) is 36.0 Å². The van der Waals surface area contributed by atoms with Gasteiger partial charge < -0.3 is 14.7 Å². The molecule has 4 aromatic rings. The van der Waals surface area contributed by atoms with E-state index in [4.69, 9.17) is 0 Å². The molecule has 1 fully saturated rings. The molecule has 2 unspecified atom stereocenters. The number of H-pyrrole nitrogens is 1. The van der Waals surface area contributed by atoms with Gasteiger partial charge in [0.15, 0.2) is 0 Å². The highest BCUT2D eigenvalue weighted by atomic mass is 16.1. The number of hydrogen-bond donors (Lipinski definition) is 3. The monoisotopic (exact) mass is 441 g/mol. The van der Waals surface area contributed by atoms with E-state index in [1.807, 2.05) is 47.1 Å². The number of carbonyl (C=O) groups is 1. The Kier molecular flexibility index (Phi) is 5.07. The van der Waals surface area contributed by atoms with E-state index in [1.54, 1.807) is 6.20 Å². The highest BCUT2D eigenvalue weighted by molar-refractivity contribution is 6.01. The highest BCUT2D eigenvalue weighted by Crippen LogP contribution is 2.28. The summed E-state index contributed by atoms with van der Waals surface area (Å²) in [4.78, 5) is 17.4. The number of hydrazine groups is 1. The summed E-state index contributed by atoms with van der Waals surface area (Å²) >= 11 is 0. The molecule has 33 heavy (non-hydrogen) atoms. The Labute approximate surface area is 191 Å². The highest BCUT2D eigenvalue weighted by Gasteiger charge is 2.25. The number of aromatic nitrogens is 4. The molecule has 8 heteroatoms. The molecule has 1 amide bonds. The zero-order valence-corrected chi connectivity index (χ0v) is 18.4. The molecule has 168 valence electrons. The number of rotatable bonds is 5. The van der Waals surface area contributed by atoms with Crippen LogP contribution in [0.2, 0.25) is 0 Å². The zero-order valence-electron chi connectivity index (χ0n) is 18.4. The van der Waals surface area contributed by atoms with Crippen LogP contribution >= 0.6 is 0 Å². The lowest BCUT2D eigenvalue weighted by Crippen LogP contribution is -2.41. The lowest BCUT2D eigenvalue weighted by molar-refractivity contribution is 0.0913. The Hall–Kier alpha value is -3.65. The molecule has 6 rings (SSSR count). The van der Waals surface area contributed by atoms with Crippen molar-refractivity contribution in [2.24, 2.45) is 5.92 Å². The topological polar surface area (TPSA) is 90.4 Å². The summed E-state index contributed by atoms with van der Waals surface area (Å²) in [5.41, 5.74) is 7.63. The fourth-order valence-electron chi connectivity index (χ4n) is 5.10. The molecular formula is C25H27N7O. The number of pyridine rings is 1. The summed E-state index contributed by atoms with van der Waals surface area (Å²) < 4.78 is 1.97. The first-order valence-electron chi connectivity index (χ1n) is 11.6. The third-order valence-electron chi connectivity index (χ3n) is 6.76. The van der Waals surface area contributed by atoms with E-state index in [-0.39, 0.29) is 11.9 Å². The minimum atomic E-state index is -0.0149. The summed E-state index contributed by atoms with van der Waals surface area (Å²) in [6, 6.07) is 9.95. The van der Waals surface area contributed by atoms with Gasteiger partial charge in [0.05, 0.1) is 5.52 Å². The van der Waals surface area contributed by atoms with Crippen molar-refractivity contribution < 1.29 is 4.79 Å². The van der Waals surface area contributed by atoms with Crippen molar-refractivity contribution in [3.8, 4) is 11.3 Å². The van der Waals surface area contributed by atoms with Gasteiger partial charge >= 0.3 is 0 Å². The van der Waals surface area contributed by atoms with Crippen LogP contribution in [0.4, 0.5) is 0 Å². The first-order valence-corrected chi connectivity index (χ1v) is 11.6. The van der Waals surface area contributed by atoms with Crippen LogP contribution in [0, 0.1) is 5.92 Å². The lowest BCUT2D eigenvalue weighted by Gasteiger charge is -2.32. The molecule has 1 aliphatic carbocycles. The smallest absolute Gasteiger partial charge is 0.251 e. The summed E-state index contributed by atoms with van der Waals surface area (Å²) in [5.74, 6) is 0.569. The Morgan fingerprint density at radius 3 is 3.09 bits per heavy atom. The minimum absolute atomic E-state index is 0.0149. The van der Waals surface area contributed by atoms with Gasteiger partial charge in [-0.2, -0.15) is 5.10 Å². The molecular weight excluding hydrogens is 414 g/mol. The minimum Gasteiger partial charge on any atom is -0.349 e. The molecule has 4 heterocycles. The maximum atomic E-state index is 13.1. The maximum absolute atomic E-state index is 13.1. The van der Waals surface area contributed by atoms with Gasteiger partial charge in [-0.25, -0.2) is 10.4 Å². The molecule has 3 N–H and O–H groups in total. The average molecular weight is 442 g/mol. The summed E-state index contributed by atoms with van der Waals surface area (Å²) in [7, 11) is 0. The standard InChI is InChI=1S/C25H27N7O/c33-25(28-20-4-1-3-17(13-20)15-32-11-2-9-27-32)18-5-7-22-21(14-18)24(30-29-22)19-6-8-23-26-10-12-31(23)16-19/h2,5-8,10-12,14,16-17,20,27H,1,3-4,9,13,15H2,(H,28,33)(H,29,30). The second-order valence-corrected chi connectivity index (χ2v) is 9.05. The molecule has 1 aromatic carbocycles. The second-order valence-electron chi connectivity index (χ2n) is 9.05. The van der Waals surface area contributed by atoms with Gasteiger partial charge in [-0.3, -0.25) is 9.89 Å². The van der Waals surface area contributed by atoms with Crippen LogP contribution in [0.25, 0.3) is 27.8 Å². The first kappa shape index (κ1) is 20.0. The number of imidazole rings is 1. The van der Waals surface area contributed by atoms with Gasteiger partial charge in [0.25, 0.3) is 5.91 Å². The van der Waals surface area contributed by atoms with E-state index >= 15 is 0 Å². The van der Waals surface area contributed by atoms with Crippen LogP contribution in [0.3, 0.4) is 0 Å². The Balaban J connectivity index is 1.20. The fraction of sp³-hybridized carbons (Fsp3) is 0.320. The largest absolute Gasteiger partial charge is 0.349 e. The van der Waals surface area contributed by atoms with E-state index in [0.29, 0.717) is 11.5 Å². The predicted molar refractivity (Wildman–Crippen MR) is 127 cm³/mol. The average Bonchev–Trinajstić information content (AvgIpc) is 3.59. The molecule has 0 saturated heterocycles. The van der Waals surface area contributed by atoms with E-state index in [0.717, 1.165) is 60.2 Å². The van der Waals surface area contributed by atoms with Crippen molar-refractivity contribution in [1.29, 1.82) is 0 Å². The van der Waals surface area contributed by atoms with Gasteiger partial charge in [-0.1, -0.05) is 12.5 Å². The Morgan fingerprint density at radius 2 is 2.18 bits per heavy atom. The molecule has 3 aromatic heterocycles. The Bertz CT molecular complexity index is 1340. The van der Waals surface area contributed by atoms with E-state index in [9.17, 15) is 4.79 Å². The second kappa shape index (κ2) is 8.37. The molecule has 8 nitrogen and oxygen atoms in total. The lowest BCUT2D eigenvalue weighted by atomic mass is 9.85. The number of nitrogens with zero attached hydrogens (tertiary/aromatic N) is 4. The third kappa shape index (κ3) is 3.98. The quantitative estimate of drug-likeness (QED) is 0.441. The molecule has 1 saturated carbocycles. The zero-order chi connectivity index (χ0) is 22.2. The number of hydrogen-bond acceptors (Lipinski definition) is 5. The van der Waals surface area contributed by atoms with Gasteiger partial charge in [0.2, 0.25) is 0 Å². The Morgan fingerprint density at radius 1 is 1.21 bits per heavy atom. The first-order chi connectivity index (χ1) is 16.2. The number of nitrogens with one attached hydrogen (secondary N) is 3. The molecule has 0 spiro atoms. The number of amides is 1. The number of fused-ring (bicyclic) bond motifs is 2. The van der Waals surface area contributed by atoms with Crippen molar-refractivity contribution in [1.82, 2.24) is 35.3 Å². The summed E-state index contributed by atoms with van der Waals surface area (Å²) in [6.07, 6.45) is 14.4. The number of aromatic amines is 1. The normalized spacial score (nSPS) is 20.7. The predicted octanol–water partition coefficient (Wildman–Crippen LogP) is 3.50. The maximum Gasteiger partial charge on any atom is 0.251 e. The van der Waals surface area contributed by atoms with Gasteiger partial charge in [0.1, 0.15) is 11.3 Å². The van der Waals surface area contributed by atoms with E-state index in [1.165, 1.54) is 6.42 Å². The van der Waals surface area contributed by atoms with Crippen molar-refractivity contribution in [2.75, 3.05) is 13.1 Å². The molecule has 0 radical (unpaired) electrons. The summed E-state index contributed by atoms with van der Waals surface area (Å²) in [5, 5.41) is 14.0.